The lowest BCUT2D eigenvalue weighted by atomic mass is 9.78. The van der Waals surface area contributed by atoms with Gasteiger partial charge in [0.2, 0.25) is 11.8 Å². The minimum Gasteiger partial charge on any atom is -0.447 e. The lowest BCUT2D eigenvalue weighted by Crippen LogP contribution is -2.27. The second-order valence-corrected chi connectivity index (χ2v) is 9.52. The largest absolute Gasteiger partial charge is 0.447 e. The van der Waals surface area contributed by atoms with Crippen molar-refractivity contribution in [3.05, 3.63) is 60.8 Å². The molecule has 4 heterocycles. The molecule has 1 fully saturated rings. The van der Waals surface area contributed by atoms with Crippen LogP contribution in [0.2, 0.25) is 0 Å². The van der Waals surface area contributed by atoms with Gasteiger partial charge in [0.15, 0.2) is 0 Å². The number of nitrogen functional groups attached to an aromatic ring is 1. The first-order valence-electron chi connectivity index (χ1n) is 11.0. The maximum Gasteiger partial charge on any atom is 0.219 e. The van der Waals surface area contributed by atoms with Crippen molar-refractivity contribution in [1.29, 1.82) is 0 Å². The number of rotatable bonds is 7. The summed E-state index contributed by atoms with van der Waals surface area (Å²) in [5.74, 6) is 1.34. The van der Waals surface area contributed by atoms with Gasteiger partial charge < -0.3 is 15.3 Å². The summed E-state index contributed by atoms with van der Waals surface area (Å²) in [6, 6.07) is 4.04. The summed E-state index contributed by atoms with van der Waals surface area (Å²) in [6.45, 7) is 6.07. The van der Waals surface area contributed by atoms with Crippen LogP contribution in [0.4, 0.5) is 5.95 Å². The van der Waals surface area contributed by atoms with Gasteiger partial charge in [-0.2, -0.15) is 5.10 Å². The fourth-order valence-electron chi connectivity index (χ4n) is 4.16. The quantitative estimate of drug-likeness (QED) is 0.442. The molecule has 4 aromatic rings. The maximum atomic E-state index is 10.0. The average Bonchev–Trinajstić information content (AvgIpc) is 3.35. The Kier molecular flexibility index (Phi) is 5.01. The van der Waals surface area contributed by atoms with Crippen LogP contribution >= 0.6 is 0 Å². The predicted octanol–water partition coefficient (Wildman–Crippen LogP) is 3.46. The smallest absolute Gasteiger partial charge is 0.219 e. The SMILES string of the molecule is CC(C)(O)Cn1cc(-c2coc([C@@](C)(c3ccc(-c4cnc(N)nc4)nc3)C3CC3)n2)cn1. The molecule has 3 N–H and O–H groups in total. The van der Waals surface area contributed by atoms with Gasteiger partial charge in [-0.25, -0.2) is 15.0 Å². The summed E-state index contributed by atoms with van der Waals surface area (Å²) < 4.78 is 7.73. The Balaban J connectivity index is 1.43. The molecule has 1 saturated carbocycles. The van der Waals surface area contributed by atoms with E-state index in [-0.39, 0.29) is 11.4 Å². The fourth-order valence-corrected chi connectivity index (χ4v) is 4.16. The predicted molar refractivity (Wildman–Crippen MR) is 123 cm³/mol. The summed E-state index contributed by atoms with van der Waals surface area (Å²) in [5.41, 5.74) is 8.58. The van der Waals surface area contributed by atoms with Crippen LogP contribution in [0.5, 0.6) is 0 Å². The first-order valence-corrected chi connectivity index (χ1v) is 11.0. The van der Waals surface area contributed by atoms with Gasteiger partial charge in [0.25, 0.3) is 0 Å². The van der Waals surface area contributed by atoms with Crippen molar-refractivity contribution in [3.63, 3.8) is 0 Å². The molecule has 0 bridgehead atoms. The minimum absolute atomic E-state index is 0.238. The Morgan fingerprint density at radius 2 is 1.79 bits per heavy atom. The van der Waals surface area contributed by atoms with Crippen LogP contribution in [-0.4, -0.2) is 40.4 Å². The van der Waals surface area contributed by atoms with Crippen molar-refractivity contribution in [2.75, 3.05) is 5.73 Å². The third-order valence-corrected chi connectivity index (χ3v) is 6.15. The number of anilines is 1. The van der Waals surface area contributed by atoms with Gasteiger partial charge in [0.05, 0.1) is 29.5 Å². The molecule has 0 spiro atoms. The highest BCUT2D eigenvalue weighted by Gasteiger charge is 2.47. The molecule has 33 heavy (non-hydrogen) atoms. The Morgan fingerprint density at radius 3 is 2.42 bits per heavy atom. The van der Waals surface area contributed by atoms with E-state index in [0.29, 0.717) is 18.4 Å². The number of pyridine rings is 1. The molecule has 1 aliphatic carbocycles. The van der Waals surface area contributed by atoms with E-state index in [4.69, 9.17) is 15.1 Å². The monoisotopic (exact) mass is 445 g/mol. The van der Waals surface area contributed by atoms with Gasteiger partial charge in [-0.15, -0.1) is 0 Å². The van der Waals surface area contributed by atoms with Crippen LogP contribution in [0.25, 0.3) is 22.5 Å². The molecular formula is C24H27N7O2. The molecule has 4 aromatic heterocycles. The Morgan fingerprint density at radius 1 is 1.03 bits per heavy atom. The number of oxazole rings is 1. The van der Waals surface area contributed by atoms with Gasteiger partial charge in [0, 0.05) is 35.9 Å². The highest BCUT2D eigenvalue weighted by atomic mass is 16.3. The Labute approximate surface area is 191 Å². The summed E-state index contributed by atoms with van der Waals surface area (Å²) >= 11 is 0. The highest BCUT2D eigenvalue weighted by Crippen LogP contribution is 2.51. The van der Waals surface area contributed by atoms with Crippen molar-refractivity contribution >= 4 is 5.95 Å². The second-order valence-electron chi connectivity index (χ2n) is 9.52. The van der Waals surface area contributed by atoms with E-state index in [1.165, 1.54) is 0 Å². The number of aliphatic hydroxyl groups is 1. The van der Waals surface area contributed by atoms with Crippen LogP contribution in [0.1, 0.15) is 45.1 Å². The van der Waals surface area contributed by atoms with Crippen LogP contribution in [-0.2, 0) is 12.0 Å². The molecule has 1 aliphatic rings. The van der Waals surface area contributed by atoms with Gasteiger partial charge in [-0.3, -0.25) is 9.67 Å². The number of hydrogen-bond acceptors (Lipinski definition) is 8. The maximum absolute atomic E-state index is 10.0. The molecule has 0 unspecified atom stereocenters. The molecule has 0 saturated heterocycles. The molecule has 0 amide bonds. The second kappa shape index (κ2) is 7.77. The van der Waals surface area contributed by atoms with Crippen LogP contribution < -0.4 is 5.73 Å². The number of nitrogens with two attached hydrogens (primary N) is 1. The first-order chi connectivity index (χ1) is 15.7. The van der Waals surface area contributed by atoms with Gasteiger partial charge >= 0.3 is 0 Å². The molecule has 9 heteroatoms. The molecule has 170 valence electrons. The average molecular weight is 446 g/mol. The zero-order valence-electron chi connectivity index (χ0n) is 18.9. The van der Waals surface area contributed by atoms with Gasteiger partial charge in [0.1, 0.15) is 12.0 Å². The van der Waals surface area contributed by atoms with Gasteiger partial charge in [-0.1, -0.05) is 6.07 Å². The first kappa shape index (κ1) is 21.3. The minimum atomic E-state index is -0.847. The molecule has 0 radical (unpaired) electrons. The Bertz CT molecular complexity index is 1250. The third-order valence-electron chi connectivity index (χ3n) is 6.15. The molecule has 0 aliphatic heterocycles. The standard InChI is InChI=1S/C24H27N7O2/c1-23(2,32)14-31-12-16(10-29-31)20-13-33-21(30-20)24(3,17-4-5-17)18-6-7-19(26-11-18)15-8-27-22(25)28-9-15/h6-13,17,32H,4-5,14H2,1-3H3,(H2,25,27,28)/t24-/m1/s1. The summed E-state index contributed by atoms with van der Waals surface area (Å²) in [5, 5.41) is 14.4. The number of nitrogens with zero attached hydrogens (tertiary/aromatic N) is 6. The molecule has 0 aromatic carbocycles. The van der Waals surface area contributed by atoms with Crippen molar-refractivity contribution in [2.45, 2.75) is 51.2 Å². The normalized spacial score (nSPS) is 16.0. The topological polar surface area (TPSA) is 129 Å². The zero-order valence-corrected chi connectivity index (χ0v) is 18.9. The van der Waals surface area contributed by atoms with E-state index >= 15 is 0 Å². The van der Waals surface area contributed by atoms with Crippen LogP contribution in [0, 0.1) is 5.92 Å². The van der Waals surface area contributed by atoms with E-state index in [1.54, 1.807) is 43.4 Å². The summed E-state index contributed by atoms with van der Waals surface area (Å²) in [7, 11) is 0. The van der Waals surface area contributed by atoms with Crippen molar-refractivity contribution < 1.29 is 9.52 Å². The fraction of sp³-hybridized carbons (Fsp3) is 0.375. The Hall–Kier alpha value is -3.59. The summed E-state index contributed by atoms with van der Waals surface area (Å²) in [4.78, 5) is 17.6. The number of hydrogen-bond donors (Lipinski definition) is 2. The molecule has 9 nitrogen and oxygen atoms in total. The highest BCUT2D eigenvalue weighted by molar-refractivity contribution is 5.58. The van der Waals surface area contributed by atoms with E-state index in [9.17, 15) is 5.11 Å². The van der Waals surface area contributed by atoms with Crippen molar-refractivity contribution in [1.82, 2.24) is 29.7 Å². The molecule has 1 atom stereocenters. The van der Waals surface area contributed by atoms with E-state index in [0.717, 1.165) is 40.9 Å². The van der Waals surface area contributed by atoms with Crippen molar-refractivity contribution in [3.8, 4) is 22.5 Å². The lowest BCUT2D eigenvalue weighted by molar-refractivity contribution is 0.0577. The van der Waals surface area contributed by atoms with Crippen molar-refractivity contribution in [2.24, 2.45) is 5.92 Å². The van der Waals surface area contributed by atoms with E-state index < -0.39 is 5.60 Å². The summed E-state index contributed by atoms with van der Waals surface area (Å²) in [6.07, 6.45) is 12.7. The number of aromatic nitrogens is 6. The van der Waals surface area contributed by atoms with Crippen LogP contribution in [0.3, 0.4) is 0 Å². The lowest BCUT2D eigenvalue weighted by Gasteiger charge is -2.26. The molecular weight excluding hydrogens is 418 g/mol. The van der Waals surface area contributed by atoms with Crippen LogP contribution in [0.15, 0.2) is 53.8 Å². The molecule has 5 rings (SSSR count). The third kappa shape index (κ3) is 4.23. The van der Waals surface area contributed by atoms with E-state index in [2.05, 4.69) is 33.0 Å². The zero-order chi connectivity index (χ0) is 23.2. The van der Waals surface area contributed by atoms with Gasteiger partial charge in [-0.05, 0) is 51.2 Å². The van der Waals surface area contributed by atoms with E-state index in [1.807, 2.05) is 18.5 Å².